The number of aryl methyl sites for hydroxylation is 1. The van der Waals surface area contributed by atoms with Gasteiger partial charge in [-0.15, -0.1) is 0 Å². The first kappa shape index (κ1) is 17.5. The third-order valence-electron chi connectivity index (χ3n) is 5.33. The van der Waals surface area contributed by atoms with Crippen LogP contribution in [0.5, 0.6) is 0 Å². The Kier molecular flexibility index (Phi) is 4.12. The Labute approximate surface area is 167 Å². The Balaban J connectivity index is 1.52. The summed E-state index contributed by atoms with van der Waals surface area (Å²) in [6.07, 6.45) is 5.16. The molecule has 2 amide bonds. The number of nitrogens with zero attached hydrogens (tertiary/aromatic N) is 5. The van der Waals surface area contributed by atoms with Crippen LogP contribution in [-0.2, 0) is 0 Å². The van der Waals surface area contributed by atoms with E-state index in [2.05, 4.69) is 20.2 Å². The SMILES string of the molecule is Cc1ccc(-c2ccc3c(n2)N(C(=O)Nc2cncc(F)c2)[C@H]2CCN3C2)cn1. The molecular formula is C21H19FN6O. The second-order valence-corrected chi connectivity index (χ2v) is 7.31. The van der Waals surface area contributed by atoms with Crippen molar-refractivity contribution in [2.45, 2.75) is 19.4 Å². The first-order valence-electron chi connectivity index (χ1n) is 9.48. The Hall–Kier alpha value is -3.55. The predicted molar refractivity (Wildman–Crippen MR) is 109 cm³/mol. The molecular weight excluding hydrogens is 371 g/mol. The maximum atomic E-state index is 13.5. The minimum Gasteiger partial charge on any atom is -0.366 e. The van der Waals surface area contributed by atoms with Gasteiger partial charge in [-0.05, 0) is 37.6 Å². The average molecular weight is 390 g/mol. The largest absolute Gasteiger partial charge is 0.366 e. The van der Waals surface area contributed by atoms with Crippen molar-refractivity contribution in [3.05, 3.63) is 60.4 Å². The summed E-state index contributed by atoms with van der Waals surface area (Å²) in [6, 6.07) is 8.79. The van der Waals surface area contributed by atoms with Gasteiger partial charge in [0.25, 0.3) is 0 Å². The number of pyridine rings is 3. The quantitative estimate of drug-likeness (QED) is 0.724. The fourth-order valence-electron chi connectivity index (χ4n) is 3.92. The summed E-state index contributed by atoms with van der Waals surface area (Å²) >= 11 is 0. The number of nitrogens with one attached hydrogen (secondary N) is 1. The van der Waals surface area contributed by atoms with Gasteiger partial charge in [0.1, 0.15) is 5.82 Å². The standard InChI is InChI=1S/C21H19FN6O/c1-13-2-3-14(9-24-13)18-4-5-19-20(26-18)28(17-6-7-27(19)12-17)21(29)25-16-8-15(22)10-23-11-16/h2-5,8-11,17H,6-7,12H2,1H3,(H,25,29)/t17-/m0/s1. The Morgan fingerprint density at radius 1 is 1.21 bits per heavy atom. The highest BCUT2D eigenvalue weighted by Crippen LogP contribution is 2.40. The van der Waals surface area contributed by atoms with Crippen LogP contribution >= 0.6 is 0 Å². The third kappa shape index (κ3) is 3.16. The number of carbonyl (C=O) groups is 1. The molecule has 1 atom stereocenters. The van der Waals surface area contributed by atoms with E-state index in [9.17, 15) is 9.18 Å². The summed E-state index contributed by atoms with van der Waals surface area (Å²) in [7, 11) is 0. The molecule has 0 radical (unpaired) electrons. The van der Waals surface area contributed by atoms with Crippen molar-refractivity contribution in [3.8, 4) is 11.3 Å². The molecule has 1 N–H and O–H groups in total. The number of urea groups is 1. The molecule has 8 heteroatoms. The first-order valence-corrected chi connectivity index (χ1v) is 9.48. The molecule has 2 bridgehead atoms. The fourth-order valence-corrected chi connectivity index (χ4v) is 3.92. The number of anilines is 3. The van der Waals surface area contributed by atoms with Crippen molar-refractivity contribution >= 4 is 23.2 Å². The van der Waals surface area contributed by atoms with E-state index in [4.69, 9.17) is 4.98 Å². The highest BCUT2D eigenvalue weighted by Gasteiger charge is 2.40. The highest BCUT2D eigenvalue weighted by molar-refractivity contribution is 6.04. The van der Waals surface area contributed by atoms with Gasteiger partial charge in [0, 0.05) is 36.6 Å². The van der Waals surface area contributed by atoms with Gasteiger partial charge in [-0.2, -0.15) is 0 Å². The molecule has 146 valence electrons. The lowest BCUT2D eigenvalue weighted by Gasteiger charge is -2.35. The van der Waals surface area contributed by atoms with Crippen LogP contribution in [0.15, 0.2) is 48.9 Å². The highest BCUT2D eigenvalue weighted by atomic mass is 19.1. The molecule has 0 aliphatic carbocycles. The van der Waals surface area contributed by atoms with Gasteiger partial charge in [-0.1, -0.05) is 0 Å². The molecule has 0 unspecified atom stereocenters. The minimum absolute atomic E-state index is 0.0166. The average Bonchev–Trinajstić information content (AvgIpc) is 3.12. The van der Waals surface area contributed by atoms with Crippen molar-refractivity contribution in [3.63, 3.8) is 0 Å². The van der Waals surface area contributed by atoms with Crippen molar-refractivity contribution in [2.75, 3.05) is 28.2 Å². The number of aromatic nitrogens is 3. The molecule has 5 rings (SSSR count). The van der Waals surface area contributed by atoms with Gasteiger partial charge in [0.05, 0.1) is 35.5 Å². The zero-order valence-corrected chi connectivity index (χ0v) is 15.8. The molecule has 2 aliphatic heterocycles. The number of fused-ring (bicyclic) bond motifs is 4. The van der Waals surface area contributed by atoms with Gasteiger partial charge in [-0.25, -0.2) is 14.2 Å². The van der Waals surface area contributed by atoms with Crippen LogP contribution in [0.1, 0.15) is 12.1 Å². The predicted octanol–water partition coefficient (Wildman–Crippen LogP) is 3.62. The van der Waals surface area contributed by atoms with Crippen LogP contribution in [0.25, 0.3) is 11.3 Å². The Morgan fingerprint density at radius 3 is 2.90 bits per heavy atom. The van der Waals surface area contributed by atoms with Crippen molar-refractivity contribution in [1.82, 2.24) is 15.0 Å². The summed E-state index contributed by atoms with van der Waals surface area (Å²) in [5.74, 6) is 0.111. The van der Waals surface area contributed by atoms with Crippen LogP contribution in [0.3, 0.4) is 0 Å². The molecule has 3 aromatic rings. The summed E-state index contributed by atoms with van der Waals surface area (Å²) in [5, 5.41) is 2.76. The van der Waals surface area contributed by atoms with Gasteiger partial charge in [-0.3, -0.25) is 14.9 Å². The van der Waals surface area contributed by atoms with E-state index < -0.39 is 5.82 Å². The van der Waals surface area contributed by atoms with Gasteiger partial charge in [0.15, 0.2) is 5.82 Å². The van der Waals surface area contributed by atoms with Crippen molar-refractivity contribution in [2.24, 2.45) is 0 Å². The van der Waals surface area contributed by atoms with Gasteiger partial charge < -0.3 is 10.2 Å². The summed E-state index contributed by atoms with van der Waals surface area (Å²) in [4.78, 5) is 30.0. The van der Waals surface area contributed by atoms with Crippen LogP contribution in [0.4, 0.5) is 26.4 Å². The van der Waals surface area contributed by atoms with E-state index in [-0.39, 0.29) is 12.1 Å². The number of amides is 2. The van der Waals surface area contributed by atoms with E-state index in [1.165, 1.54) is 12.3 Å². The lowest BCUT2D eigenvalue weighted by atomic mass is 10.1. The van der Waals surface area contributed by atoms with Crippen LogP contribution < -0.4 is 15.1 Å². The van der Waals surface area contributed by atoms with Gasteiger partial charge in [0.2, 0.25) is 0 Å². The number of rotatable bonds is 2. The Morgan fingerprint density at radius 2 is 2.10 bits per heavy atom. The Bertz CT molecular complexity index is 1090. The molecule has 1 saturated heterocycles. The molecule has 7 nitrogen and oxygen atoms in total. The van der Waals surface area contributed by atoms with Crippen molar-refractivity contribution < 1.29 is 9.18 Å². The maximum absolute atomic E-state index is 13.5. The molecule has 0 aromatic carbocycles. The smallest absolute Gasteiger partial charge is 0.327 e. The number of hydrogen-bond acceptors (Lipinski definition) is 5. The van der Waals surface area contributed by atoms with E-state index >= 15 is 0 Å². The second kappa shape index (κ2) is 6.80. The molecule has 0 saturated carbocycles. The third-order valence-corrected chi connectivity index (χ3v) is 5.33. The van der Waals surface area contributed by atoms with E-state index in [1.54, 1.807) is 11.1 Å². The van der Waals surface area contributed by atoms with Crippen LogP contribution in [0.2, 0.25) is 0 Å². The lowest BCUT2D eigenvalue weighted by Crippen LogP contribution is -2.48. The molecule has 3 aromatic heterocycles. The molecule has 2 aliphatic rings. The zero-order chi connectivity index (χ0) is 20.0. The minimum atomic E-state index is -0.499. The lowest BCUT2D eigenvalue weighted by molar-refractivity contribution is 0.255. The fraction of sp³-hybridized carbons (Fsp3) is 0.238. The molecule has 5 heterocycles. The summed E-state index contributed by atoms with van der Waals surface area (Å²) in [6.45, 7) is 3.56. The number of hydrogen-bond donors (Lipinski definition) is 1. The van der Waals surface area contributed by atoms with Crippen LogP contribution in [0, 0.1) is 12.7 Å². The van der Waals surface area contributed by atoms with Crippen LogP contribution in [-0.4, -0.2) is 40.1 Å². The van der Waals surface area contributed by atoms with E-state index in [0.29, 0.717) is 11.5 Å². The molecule has 29 heavy (non-hydrogen) atoms. The van der Waals surface area contributed by atoms with Gasteiger partial charge >= 0.3 is 6.03 Å². The normalized spacial score (nSPS) is 17.2. The number of halogens is 1. The van der Waals surface area contributed by atoms with Crippen molar-refractivity contribution in [1.29, 1.82) is 0 Å². The van der Waals surface area contributed by atoms with E-state index in [1.807, 2.05) is 31.2 Å². The molecule has 0 spiro atoms. The molecule has 1 fully saturated rings. The zero-order valence-electron chi connectivity index (χ0n) is 15.8. The topological polar surface area (TPSA) is 74.2 Å². The summed E-state index contributed by atoms with van der Waals surface area (Å²) < 4.78 is 13.5. The monoisotopic (exact) mass is 390 g/mol. The maximum Gasteiger partial charge on any atom is 0.327 e. The summed E-state index contributed by atoms with van der Waals surface area (Å²) in [5.41, 5.74) is 3.82. The second-order valence-electron chi connectivity index (χ2n) is 7.31. The number of carbonyl (C=O) groups excluding carboxylic acids is 1. The first-order chi connectivity index (χ1) is 14.1. The van der Waals surface area contributed by atoms with E-state index in [0.717, 1.165) is 48.3 Å².